The van der Waals surface area contributed by atoms with Gasteiger partial charge in [0.15, 0.2) is 0 Å². The molecule has 2 heterocycles. The maximum Gasteiger partial charge on any atom is 0.410 e. The van der Waals surface area contributed by atoms with E-state index in [9.17, 15) is 9.59 Å². The molecule has 2 saturated heterocycles. The highest BCUT2D eigenvalue weighted by Gasteiger charge is 2.37. The molecule has 0 aromatic heterocycles. The minimum atomic E-state index is -0.492. The second-order valence-electron chi connectivity index (χ2n) is 7.88. The van der Waals surface area contributed by atoms with Crippen molar-refractivity contribution in [3.05, 3.63) is 0 Å². The smallest absolute Gasteiger partial charge is 0.410 e. The molecule has 0 saturated carbocycles. The van der Waals surface area contributed by atoms with Gasteiger partial charge in [0, 0.05) is 31.6 Å². The zero-order valence-corrected chi connectivity index (χ0v) is 15.0. The largest absolute Gasteiger partial charge is 0.449 e. The minimum absolute atomic E-state index is 0.164. The van der Waals surface area contributed by atoms with Crippen molar-refractivity contribution in [2.45, 2.75) is 59.1 Å². The fourth-order valence-electron chi connectivity index (χ4n) is 3.19. The SMILES string of the molecule is CCC1CC(COC(=O)N2CC(C)C2)CN1C(=O)OC(C)(C)C. The van der Waals surface area contributed by atoms with Crippen molar-refractivity contribution in [2.75, 3.05) is 26.2 Å². The van der Waals surface area contributed by atoms with Crippen LogP contribution >= 0.6 is 0 Å². The molecule has 0 N–H and O–H groups in total. The zero-order chi connectivity index (χ0) is 17.2. The van der Waals surface area contributed by atoms with E-state index in [0.717, 1.165) is 25.9 Å². The van der Waals surface area contributed by atoms with E-state index in [0.29, 0.717) is 19.1 Å². The van der Waals surface area contributed by atoms with Gasteiger partial charge in [0.1, 0.15) is 5.60 Å². The Labute approximate surface area is 139 Å². The first kappa shape index (κ1) is 17.9. The van der Waals surface area contributed by atoms with Gasteiger partial charge in [-0.3, -0.25) is 0 Å². The second kappa shape index (κ2) is 6.97. The molecule has 2 unspecified atom stereocenters. The van der Waals surface area contributed by atoms with Gasteiger partial charge >= 0.3 is 12.2 Å². The Balaban J connectivity index is 1.81. The van der Waals surface area contributed by atoms with Crippen LogP contribution in [0, 0.1) is 11.8 Å². The van der Waals surface area contributed by atoms with Crippen molar-refractivity contribution in [1.29, 1.82) is 0 Å². The molecule has 2 rings (SSSR count). The van der Waals surface area contributed by atoms with E-state index in [1.807, 2.05) is 20.8 Å². The quantitative estimate of drug-likeness (QED) is 0.799. The van der Waals surface area contributed by atoms with E-state index >= 15 is 0 Å². The Morgan fingerprint density at radius 3 is 2.30 bits per heavy atom. The summed E-state index contributed by atoms with van der Waals surface area (Å²) >= 11 is 0. The minimum Gasteiger partial charge on any atom is -0.449 e. The molecule has 0 radical (unpaired) electrons. The Hall–Kier alpha value is -1.46. The molecule has 6 nitrogen and oxygen atoms in total. The average molecular weight is 326 g/mol. The van der Waals surface area contributed by atoms with Crippen molar-refractivity contribution in [3.8, 4) is 0 Å². The standard InChI is InChI=1S/C17H30N2O4/c1-6-14-7-13(10-19(14)16(21)23-17(3,4)5)11-22-15(20)18-8-12(2)9-18/h12-14H,6-11H2,1-5H3. The van der Waals surface area contributed by atoms with Crippen molar-refractivity contribution < 1.29 is 19.1 Å². The van der Waals surface area contributed by atoms with Gasteiger partial charge in [0.2, 0.25) is 0 Å². The van der Waals surface area contributed by atoms with Crippen LogP contribution in [0.25, 0.3) is 0 Å². The first-order chi connectivity index (χ1) is 10.7. The fraction of sp³-hybridized carbons (Fsp3) is 0.882. The topological polar surface area (TPSA) is 59.1 Å². The predicted octanol–water partition coefficient (Wildman–Crippen LogP) is 3.11. The van der Waals surface area contributed by atoms with Crippen LogP contribution in [0.1, 0.15) is 47.5 Å². The molecule has 23 heavy (non-hydrogen) atoms. The van der Waals surface area contributed by atoms with Crippen LogP contribution < -0.4 is 0 Å². The molecule has 2 aliphatic heterocycles. The van der Waals surface area contributed by atoms with Gasteiger partial charge in [-0.1, -0.05) is 13.8 Å². The van der Waals surface area contributed by atoms with Crippen LogP contribution in [0.2, 0.25) is 0 Å². The number of rotatable bonds is 3. The van der Waals surface area contributed by atoms with E-state index in [1.165, 1.54) is 0 Å². The number of hydrogen-bond donors (Lipinski definition) is 0. The third-order valence-corrected chi connectivity index (χ3v) is 4.37. The molecule has 6 heteroatoms. The summed E-state index contributed by atoms with van der Waals surface area (Å²) < 4.78 is 10.9. The van der Waals surface area contributed by atoms with Crippen LogP contribution in [0.3, 0.4) is 0 Å². The number of likely N-dealkylation sites (tertiary alicyclic amines) is 2. The molecule has 2 fully saturated rings. The van der Waals surface area contributed by atoms with Crippen molar-refractivity contribution in [1.82, 2.24) is 9.80 Å². The number of nitrogens with zero attached hydrogens (tertiary/aromatic N) is 2. The fourth-order valence-corrected chi connectivity index (χ4v) is 3.19. The van der Waals surface area contributed by atoms with Crippen molar-refractivity contribution in [3.63, 3.8) is 0 Å². The van der Waals surface area contributed by atoms with Crippen LogP contribution in [-0.4, -0.2) is 59.9 Å². The Kier molecular flexibility index (Phi) is 5.42. The molecule has 132 valence electrons. The summed E-state index contributed by atoms with van der Waals surface area (Å²) in [6, 6.07) is 0.164. The van der Waals surface area contributed by atoms with Crippen molar-refractivity contribution >= 4 is 12.2 Å². The molecule has 2 atom stereocenters. The van der Waals surface area contributed by atoms with Gasteiger partial charge < -0.3 is 19.3 Å². The normalized spacial score (nSPS) is 25.3. The Morgan fingerprint density at radius 2 is 1.78 bits per heavy atom. The first-order valence-electron chi connectivity index (χ1n) is 8.61. The third kappa shape index (κ3) is 4.75. The molecule has 0 aliphatic carbocycles. The molecule has 0 aromatic rings. The third-order valence-electron chi connectivity index (χ3n) is 4.37. The highest BCUT2D eigenvalue weighted by Crippen LogP contribution is 2.28. The molecule has 0 bridgehead atoms. The molecule has 0 spiro atoms. The van der Waals surface area contributed by atoms with Gasteiger partial charge in [0.25, 0.3) is 0 Å². The number of carbonyl (C=O) groups excluding carboxylic acids is 2. The van der Waals surface area contributed by atoms with E-state index in [1.54, 1.807) is 9.80 Å². The van der Waals surface area contributed by atoms with E-state index in [-0.39, 0.29) is 24.1 Å². The summed E-state index contributed by atoms with van der Waals surface area (Å²) in [6.45, 7) is 12.3. The summed E-state index contributed by atoms with van der Waals surface area (Å²) in [5.41, 5.74) is -0.492. The number of hydrogen-bond acceptors (Lipinski definition) is 4. The van der Waals surface area contributed by atoms with Crippen molar-refractivity contribution in [2.24, 2.45) is 11.8 Å². The summed E-state index contributed by atoms with van der Waals surface area (Å²) in [5, 5.41) is 0. The van der Waals surface area contributed by atoms with E-state index in [4.69, 9.17) is 9.47 Å². The highest BCUT2D eigenvalue weighted by molar-refractivity contribution is 5.69. The van der Waals surface area contributed by atoms with E-state index < -0.39 is 5.60 Å². The molecule has 2 aliphatic rings. The number of carbonyl (C=O) groups is 2. The monoisotopic (exact) mass is 326 g/mol. The molecule has 2 amide bonds. The summed E-state index contributed by atoms with van der Waals surface area (Å²) in [7, 11) is 0. The lowest BCUT2D eigenvalue weighted by Gasteiger charge is -2.36. The highest BCUT2D eigenvalue weighted by atomic mass is 16.6. The summed E-state index contributed by atoms with van der Waals surface area (Å²) in [4.78, 5) is 27.7. The van der Waals surface area contributed by atoms with Gasteiger partial charge in [-0.05, 0) is 39.5 Å². The predicted molar refractivity (Wildman–Crippen MR) is 87.2 cm³/mol. The summed E-state index contributed by atoms with van der Waals surface area (Å²) in [5.74, 6) is 0.760. The van der Waals surface area contributed by atoms with Gasteiger partial charge in [-0.25, -0.2) is 9.59 Å². The molecule has 0 aromatic carbocycles. The van der Waals surface area contributed by atoms with Crippen LogP contribution in [0.5, 0.6) is 0 Å². The Morgan fingerprint density at radius 1 is 1.13 bits per heavy atom. The van der Waals surface area contributed by atoms with Gasteiger partial charge in [-0.2, -0.15) is 0 Å². The maximum absolute atomic E-state index is 12.3. The van der Waals surface area contributed by atoms with Crippen LogP contribution in [-0.2, 0) is 9.47 Å². The van der Waals surface area contributed by atoms with Crippen LogP contribution in [0.15, 0.2) is 0 Å². The Bertz CT molecular complexity index is 440. The first-order valence-corrected chi connectivity index (χ1v) is 8.61. The van der Waals surface area contributed by atoms with Gasteiger partial charge in [-0.15, -0.1) is 0 Å². The lowest BCUT2D eigenvalue weighted by molar-refractivity contribution is 0.0209. The zero-order valence-electron chi connectivity index (χ0n) is 15.0. The molecular weight excluding hydrogens is 296 g/mol. The number of amides is 2. The second-order valence-corrected chi connectivity index (χ2v) is 7.88. The van der Waals surface area contributed by atoms with E-state index in [2.05, 4.69) is 13.8 Å². The maximum atomic E-state index is 12.3. The van der Waals surface area contributed by atoms with Gasteiger partial charge in [0.05, 0.1) is 6.61 Å². The van der Waals surface area contributed by atoms with Crippen LogP contribution in [0.4, 0.5) is 9.59 Å². The summed E-state index contributed by atoms with van der Waals surface area (Å²) in [6.07, 6.45) is 1.24. The lowest BCUT2D eigenvalue weighted by atomic mass is 10.0. The molecular formula is C17H30N2O4. The number of ether oxygens (including phenoxy) is 2. The average Bonchev–Trinajstić information content (AvgIpc) is 2.83. The lowest BCUT2D eigenvalue weighted by Crippen LogP contribution is -2.49.